The third-order valence-corrected chi connectivity index (χ3v) is 5.15. The first kappa shape index (κ1) is 11.9. The van der Waals surface area contributed by atoms with E-state index >= 15 is 0 Å². The van der Waals surface area contributed by atoms with Crippen LogP contribution in [0.1, 0.15) is 0 Å². The van der Waals surface area contributed by atoms with E-state index in [4.69, 9.17) is 0 Å². The van der Waals surface area contributed by atoms with Crippen LogP contribution in [0, 0.1) is 0 Å². The van der Waals surface area contributed by atoms with Crippen LogP contribution in [0.3, 0.4) is 0 Å². The van der Waals surface area contributed by atoms with Crippen molar-refractivity contribution in [3.05, 3.63) is 22.7 Å². The minimum atomic E-state index is -3.35. The molecule has 1 aliphatic rings. The van der Waals surface area contributed by atoms with Gasteiger partial charge in [-0.15, -0.1) is 0 Å². The van der Waals surface area contributed by atoms with E-state index < -0.39 is 10.0 Å². The zero-order chi connectivity index (χ0) is 11.9. The van der Waals surface area contributed by atoms with Gasteiger partial charge in [0.1, 0.15) is 4.90 Å². The first-order valence-electron chi connectivity index (χ1n) is 4.90. The van der Waals surface area contributed by atoms with Gasteiger partial charge in [0.05, 0.1) is 5.69 Å². The quantitative estimate of drug-likeness (QED) is 0.730. The molecule has 16 heavy (non-hydrogen) atoms. The molecule has 0 atom stereocenters. The molecular weight excluding hydrogens is 292 g/mol. The van der Waals surface area contributed by atoms with Gasteiger partial charge in [0.15, 0.2) is 0 Å². The Balaban J connectivity index is 2.71. The molecule has 0 aliphatic carbocycles. The largest absolute Gasteiger partial charge is 0.372 e. The lowest BCUT2D eigenvalue weighted by Gasteiger charge is -2.17. The molecule has 1 aromatic carbocycles. The maximum atomic E-state index is 12.2. The molecule has 0 saturated heterocycles. The Bertz CT molecular complexity index is 516. The van der Waals surface area contributed by atoms with Crippen molar-refractivity contribution in [2.45, 2.75) is 4.90 Å². The number of nitrogens with zero attached hydrogens (tertiary/aromatic N) is 2. The van der Waals surface area contributed by atoms with E-state index in [-0.39, 0.29) is 0 Å². The number of hydrogen-bond donors (Lipinski definition) is 0. The second-order valence-electron chi connectivity index (χ2n) is 3.86. The Kier molecular flexibility index (Phi) is 2.98. The number of benzene rings is 1. The van der Waals surface area contributed by atoms with E-state index in [9.17, 15) is 8.42 Å². The van der Waals surface area contributed by atoms with Crippen LogP contribution in [0.5, 0.6) is 0 Å². The van der Waals surface area contributed by atoms with Gasteiger partial charge in [-0.05, 0) is 18.2 Å². The highest BCUT2D eigenvalue weighted by atomic mass is 79.9. The molecular formula is C10H13BrN2O2S. The van der Waals surface area contributed by atoms with Crippen LogP contribution in [-0.2, 0) is 10.0 Å². The van der Waals surface area contributed by atoms with Gasteiger partial charge in [0, 0.05) is 31.7 Å². The van der Waals surface area contributed by atoms with Gasteiger partial charge in [-0.25, -0.2) is 8.42 Å². The van der Waals surface area contributed by atoms with Gasteiger partial charge in [0.25, 0.3) is 0 Å². The van der Waals surface area contributed by atoms with Gasteiger partial charge >= 0.3 is 0 Å². The standard InChI is InChI=1S/C10H13BrN2O2S/c1-12-5-6-13(2)16(14,15)10-7-8(11)3-4-9(10)12/h3-4,7H,5-6H2,1-2H3. The Hall–Kier alpha value is -0.590. The molecule has 2 rings (SSSR count). The summed E-state index contributed by atoms with van der Waals surface area (Å²) in [5.74, 6) is 0. The van der Waals surface area contributed by atoms with E-state index in [1.165, 1.54) is 4.31 Å². The first-order chi connectivity index (χ1) is 7.43. The van der Waals surface area contributed by atoms with Gasteiger partial charge in [-0.1, -0.05) is 15.9 Å². The number of likely N-dealkylation sites (N-methyl/N-ethyl adjacent to an activating group) is 2. The molecule has 88 valence electrons. The number of halogens is 1. The molecule has 1 aromatic rings. The summed E-state index contributed by atoms with van der Waals surface area (Å²) >= 11 is 3.31. The van der Waals surface area contributed by atoms with Gasteiger partial charge in [0.2, 0.25) is 10.0 Å². The molecule has 0 aromatic heterocycles. The van der Waals surface area contributed by atoms with E-state index in [0.29, 0.717) is 18.0 Å². The number of anilines is 1. The summed E-state index contributed by atoms with van der Waals surface area (Å²) in [5, 5.41) is 0. The summed E-state index contributed by atoms with van der Waals surface area (Å²) in [7, 11) is 0.164. The lowest BCUT2D eigenvalue weighted by Crippen LogP contribution is -2.30. The third-order valence-electron chi connectivity index (χ3n) is 2.77. The normalized spacial score (nSPS) is 20.3. The molecule has 0 radical (unpaired) electrons. The highest BCUT2D eigenvalue weighted by molar-refractivity contribution is 9.10. The fourth-order valence-corrected chi connectivity index (χ4v) is 3.64. The summed E-state index contributed by atoms with van der Waals surface area (Å²) in [6.45, 7) is 1.20. The number of sulfonamides is 1. The van der Waals surface area contributed by atoms with Gasteiger partial charge in [-0.3, -0.25) is 0 Å². The fourth-order valence-electron chi connectivity index (χ4n) is 1.71. The number of rotatable bonds is 0. The Morgan fingerprint density at radius 1 is 1.25 bits per heavy atom. The number of hydrogen-bond acceptors (Lipinski definition) is 3. The van der Waals surface area contributed by atoms with E-state index in [1.807, 2.05) is 24.1 Å². The van der Waals surface area contributed by atoms with Gasteiger partial charge in [-0.2, -0.15) is 4.31 Å². The van der Waals surface area contributed by atoms with Gasteiger partial charge < -0.3 is 4.90 Å². The van der Waals surface area contributed by atoms with E-state index in [2.05, 4.69) is 15.9 Å². The van der Waals surface area contributed by atoms with Crippen LogP contribution in [0.2, 0.25) is 0 Å². The van der Waals surface area contributed by atoms with Crippen LogP contribution < -0.4 is 4.90 Å². The summed E-state index contributed by atoms with van der Waals surface area (Å²) in [6, 6.07) is 5.34. The zero-order valence-corrected chi connectivity index (χ0v) is 11.5. The van der Waals surface area contributed by atoms with Crippen molar-refractivity contribution in [2.75, 3.05) is 32.1 Å². The average Bonchev–Trinajstić information content (AvgIpc) is 2.31. The second-order valence-corrected chi connectivity index (χ2v) is 6.79. The molecule has 6 heteroatoms. The molecule has 1 heterocycles. The minimum absolute atomic E-state index is 0.365. The van der Waals surface area contributed by atoms with Crippen molar-refractivity contribution in [1.29, 1.82) is 0 Å². The maximum Gasteiger partial charge on any atom is 0.244 e. The zero-order valence-electron chi connectivity index (χ0n) is 9.14. The molecule has 0 N–H and O–H groups in total. The molecule has 0 unspecified atom stereocenters. The maximum absolute atomic E-state index is 12.2. The summed E-state index contributed by atoms with van der Waals surface area (Å²) in [6.07, 6.45) is 0. The van der Waals surface area contributed by atoms with Crippen LogP contribution in [0.4, 0.5) is 5.69 Å². The smallest absolute Gasteiger partial charge is 0.244 e. The predicted molar refractivity (Wildman–Crippen MR) is 67.2 cm³/mol. The van der Waals surface area contributed by atoms with Crippen LogP contribution >= 0.6 is 15.9 Å². The molecule has 0 fully saturated rings. The molecule has 1 aliphatic heterocycles. The van der Waals surface area contributed by atoms with E-state index in [1.54, 1.807) is 13.1 Å². The molecule has 4 nitrogen and oxygen atoms in total. The first-order valence-corrected chi connectivity index (χ1v) is 7.13. The highest BCUT2D eigenvalue weighted by Gasteiger charge is 2.28. The minimum Gasteiger partial charge on any atom is -0.372 e. The van der Waals surface area contributed by atoms with Crippen molar-refractivity contribution in [3.63, 3.8) is 0 Å². The average molecular weight is 305 g/mol. The summed E-state index contributed by atoms with van der Waals surface area (Å²) in [5.41, 5.74) is 0.757. The van der Waals surface area contributed by atoms with Crippen molar-refractivity contribution >= 4 is 31.6 Å². The third kappa shape index (κ3) is 1.85. The number of fused-ring (bicyclic) bond motifs is 1. The SMILES string of the molecule is CN1CCN(C)S(=O)(=O)c2cc(Br)ccc21. The van der Waals surface area contributed by atoms with Crippen molar-refractivity contribution in [3.8, 4) is 0 Å². The topological polar surface area (TPSA) is 40.6 Å². The van der Waals surface area contributed by atoms with Crippen molar-refractivity contribution in [2.24, 2.45) is 0 Å². The summed E-state index contributed by atoms with van der Waals surface area (Å²) < 4.78 is 26.6. The Morgan fingerprint density at radius 3 is 2.62 bits per heavy atom. The molecule has 0 spiro atoms. The molecule has 0 bridgehead atoms. The lowest BCUT2D eigenvalue weighted by atomic mass is 10.3. The lowest BCUT2D eigenvalue weighted by molar-refractivity contribution is 0.481. The monoisotopic (exact) mass is 304 g/mol. The Labute approximate surface area is 104 Å². The summed E-state index contributed by atoms with van der Waals surface area (Å²) in [4.78, 5) is 2.33. The predicted octanol–water partition coefficient (Wildman–Crippen LogP) is 1.52. The van der Waals surface area contributed by atoms with Crippen LogP contribution in [0.25, 0.3) is 0 Å². The Morgan fingerprint density at radius 2 is 1.94 bits per heavy atom. The van der Waals surface area contributed by atoms with Crippen LogP contribution in [0.15, 0.2) is 27.6 Å². The molecule has 0 saturated carbocycles. The van der Waals surface area contributed by atoms with Crippen molar-refractivity contribution < 1.29 is 8.42 Å². The highest BCUT2D eigenvalue weighted by Crippen LogP contribution is 2.31. The van der Waals surface area contributed by atoms with E-state index in [0.717, 1.165) is 10.2 Å². The fraction of sp³-hybridized carbons (Fsp3) is 0.400. The van der Waals surface area contributed by atoms with Crippen molar-refractivity contribution in [1.82, 2.24) is 4.31 Å². The van der Waals surface area contributed by atoms with Crippen LogP contribution in [-0.4, -0.2) is 39.9 Å². The second kappa shape index (κ2) is 4.01. The molecule has 0 amide bonds.